The van der Waals surface area contributed by atoms with Crippen molar-refractivity contribution in [2.45, 2.75) is 18.2 Å². The number of likely N-dealkylation sites (tertiary alicyclic amines) is 1. The average molecular weight is 255 g/mol. The molecule has 92 valence electrons. The molecule has 0 saturated carbocycles. The van der Waals surface area contributed by atoms with E-state index in [1.807, 2.05) is 0 Å². The minimum atomic E-state index is -0.0553. The van der Waals surface area contributed by atoms with E-state index >= 15 is 0 Å². The topological polar surface area (TPSA) is 42.4 Å². The van der Waals surface area contributed by atoms with Crippen molar-refractivity contribution in [3.63, 3.8) is 0 Å². The molecule has 0 bridgehead atoms. The number of alkyl halides is 1. The standard InChI is InChI=1S/C12H15ClN2O2/c1-17-11-10(5-2-6-14-11)12(16)15-7-3-4-9(13)8-15/h2,5-6,9H,3-4,7-8H2,1H3. The van der Waals surface area contributed by atoms with Crippen molar-refractivity contribution in [3.8, 4) is 5.88 Å². The van der Waals surface area contributed by atoms with Gasteiger partial charge in [-0.3, -0.25) is 4.79 Å². The van der Waals surface area contributed by atoms with Crippen LogP contribution in [-0.4, -0.2) is 41.4 Å². The lowest BCUT2D eigenvalue weighted by Gasteiger charge is -2.30. The summed E-state index contributed by atoms with van der Waals surface area (Å²) >= 11 is 6.08. The van der Waals surface area contributed by atoms with Gasteiger partial charge in [-0.1, -0.05) is 0 Å². The quantitative estimate of drug-likeness (QED) is 0.758. The Bertz CT molecular complexity index is 411. The van der Waals surface area contributed by atoms with Crippen molar-refractivity contribution < 1.29 is 9.53 Å². The van der Waals surface area contributed by atoms with Gasteiger partial charge in [0.15, 0.2) is 0 Å². The first-order valence-corrected chi connectivity index (χ1v) is 6.08. The average Bonchev–Trinajstić information content (AvgIpc) is 2.38. The third-order valence-electron chi connectivity index (χ3n) is 2.85. The van der Waals surface area contributed by atoms with Gasteiger partial charge < -0.3 is 9.64 Å². The van der Waals surface area contributed by atoms with Crippen molar-refractivity contribution in [1.82, 2.24) is 9.88 Å². The molecule has 1 aliphatic rings. The Morgan fingerprint density at radius 2 is 2.47 bits per heavy atom. The maximum atomic E-state index is 12.3. The van der Waals surface area contributed by atoms with Crippen molar-refractivity contribution in [2.75, 3.05) is 20.2 Å². The van der Waals surface area contributed by atoms with Crippen LogP contribution in [0.25, 0.3) is 0 Å². The van der Waals surface area contributed by atoms with Crippen LogP contribution in [0.3, 0.4) is 0 Å². The summed E-state index contributed by atoms with van der Waals surface area (Å²) in [6, 6.07) is 3.46. The molecule has 1 aromatic rings. The first-order chi connectivity index (χ1) is 8.22. The third kappa shape index (κ3) is 2.69. The second kappa shape index (κ2) is 5.36. The summed E-state index contributed by atoms with van der Waals surface area (Å²) < 4.78 is 5.09. The van der Waals surface area contributed by atoms with Gasteiger partial charge in [-0.05, 0) is 25.0 Å². The predicted octanol–water partition coefficient (Wildman–Crippen LogP) is 1.93. The van der Waals surface area contributed by atoms with Gasteiger partial charge in [0.25, 0.3) is 5.91 Å². The Hall–Kier alpha value is -1.29. The molecule has 0 spiro atoms. The van der Waals surface area contributed by atoms with E-state index in [9.17, 15) is 4.79 Å². The smallest absolute Gasteiger partial charge is 0.259 e. The molecule has 2 heterocycles. The number of halogens is 1. The first kappa shape index (κ1) is 12.2. The molecule has 17 heavy (non-hydrogen) atoms. The maximum absolute atomic E-state index is 12.3. The second-order valence-corrected chi connectivity index (χ2v) is 4.67. The molecule has 0 N–H and O–H groups in total. The van der Waals surface area contributed by atoms with Crippen molar-refractivity contribution in [1.29, 1.82) is 0 Å². The number of hydrogen-bond donors (Lipinski definition) is 0. The van der Waals surface area contributed by atoms with Crippen LogP contribution in [0.1, 0.15) is 23.2 Å². The number of aromatic nitrogens is 1. The number of pyridine rings is 1. The van der Waals surface area contributed by atoms with Gasteiger partial charge >= 0.3 is 0 Å². The fourth-order valence-corrected chi connectivity index (χ4v) is 2.32. The molecule has 5 heteroatoms. The summed E-state index contributed by atoms with van der Waals surface area (Å²) in [7, 11) is 1.51. The third-order valence-corrected chi connectivity index (χ3v) is 3.20. The number of rotatable bonds is 2. The number of carbonyl (C=O) groups is 1. The van der Waals surface area contributed by atoms with Gasteiger partial charge in [-0.25, -0.2) is 4.98 Å². The van der Waals surface area contributed by atoms with Gasteiger partial charge in [-0.15, -0.1) is 11.6 Å². The fourth-order valence-electron chi connectivity index (χ4n) is 2.00. The Morgan fingerprint density at radius 1 is 1.65 bits per heavy atom. The number of amides is 1. The van der Waals surface area contributed by atoms with E-state index in [4.69, 9.17) is 16.3 Å². The second-order valence-electron chi connectivity index (χ2n) is 4.05. The lowest BCUT2D eigenvalue weighted by molar-refractivity contribution is 0.0722. The summed E-state index contributed by atoms with van der Waals surface area (Å²) in [5.74, 6) is 0.314. The van der Waals surface area contributed by atoms with Gasteiger partial charge in [0, 0.05) is 19.3 Å². The fraction of sp³-hybridized carbons (Fsp3) is 0.500. The molecular formula is C12H15ClN2O2. The summed E-state index contributed by atoms with van der Waals surface area (Å²) in [6.07, 6.45) is 3.52. The van der Waals surface area contributed by atoms with Crippen molar-refractivity contribution in [2.24, 2.45) is 0 Å². The molecular weight excluding hydrogens is 240 g/mol. The minimum absolute atomic E-state index is 0.0513. The number of methoxy groups -OCH3 is 1. The van der Waals surface area contributed by atoms with Crippen LogP contribution in [0.4, 0.5) is 0 Å². The molecule has 1 unspecified atom stereocenters. The summed E-state index contributed by atoms with van der Waals surface area (Å²) in [5.41, 5.74) is 0.501. The highest BCUT2D eigenvalue weighted by Crippen LogP contribution is 2.21. The summed E-state index contributed by atoms with van der Waals surface area (Å²) in [6.45, 7) is 1.35. The van der Waals surface area contributed by atoms with E-state index in [0.717, 1.165) is 19.4 Å². The number of ether oxygens (including phenoxy) is 1. The van der Waals surface area contributed by atoms with Crippen molar-refractivity contribution in [3.05, 3.63) is 23.9 Å². The van der Waals surface area contributed by atoms with Gasteiger partial charge in [0.1, 0.15) is 5.56 Å². The molecule has 0 aliphatic carbocycles. The van der Waals surface area contributed by atoms with Crippen LogP contribution in [0.5, 0.6) is 5.88 Å². The number of nitrogens with zero attached hydrogens (tertiary/aromatic N) is 2. The molecule has 1 aliphatic heterocycles. The zero-order valence-electron chi connectivity index (χ0n) is 9.73. The van der Waals surface area contributed by atoms with Crippen LogP contribution < -0.4 is 4.74 Å². The monoisotopic (exact) mass is 254 g/mol. The Kier molecular flexibility index (Phi) is 3.84. The molecule has 4 nitrogen and oxygen atoms in total. The zero-order valence-corrected chi connectivity index (χ0v) is 10.5. The van der Waals surface area contributed by atoms with Gasteiger partial charge in [-0.2, -0.15) is 0 Å². The number of hydrogen-bond acceptors (Lipinski definition) is 3. The predicted molar refractivity (Wildman–Crippen MR) is 65.6 cm³/mol. The van der Waals surface area contributed by atoms with E-state index in [-0.39, 0.29) is 11.3 Å². The molecule has 1 aromatic heterocycles. The van der Waals surface area contributed by atoms with E-state index < -0.39 is 0 Å². The molecule has 1 amide bonds. The van der Waals surface area contributed by atoms with E-state index in [1.54, 1.807) is 23.2 Å². The van der Waals surface area contributed by atoms with Gasteiger partial charge in [0.05, 0.1) is 12.5 Å². The molecule has 1 atom stereocenters. The highest BCUT2D eigenvalue weighted by molar-refractivity contribution is 6.21. The summed E-state index contributed by atoms with van der Waals surface area (Å²) in [4.78, 5) is 18.1. The largest absolute Gasteiger partial charge is 0.480 e. The van der Waals surface area contributed by atoms with E-state index in [0.29, 0.717) is 18.0 Å². The molecule has 2 rings (SSSR count). The Morgan fingerprint density at radius 3 is 3.18 bits per heavy atom. The van der Waals surface area contributed by atoms with Crippen LogP contribution >= 0.6 is 11.6 Å². The normalized spacial score (nSPS) is 20.1. The minimum Gasteiger partial charge on any atom is -0.480 e. The van der Waals surface area contributed by atoms with Crippen molar-refractivity contribution >= 4 is 17.5 Å². The maximum Gasteiger partial charge on any atom is 0.259 e. The highest BCUT2D eigenvalue weighted by Gasteiger charge is 2.25. The Balaban J connectivity index is 2.18. The van der Waals surface area contributed by atoms with Crippen LogP contribution in [0.15, 0.2) is 18.3 Å². The van der Waals surface area contributed by atoms with E-state index in [1.165, 1.54) is 7.11 Å². The van der Waals surface area contributed by atoms with Crippen LogP contribution in [0, 0.1) is 0 Å². The Labute approximate surface area is 106 Å². The van der Waals surface area contributed by atoms with Gasteiger partial charge in [0.2, 0.25) is 5.88 Å². The SMILES string of the molecule is COc1ncccc1C(=O)N1CCCC(Cl)C1. The lowest BCUT2D eigenvalue weighted by atomic mass is 10.1. The summed E-state index contributed by atoms with van der Waals surface area (Å²) in [5, 5.41) is 0.0513. The molecule has 1 saturated heterocycles. The van der Waals surface area contributed by atoms with Crippen LogP contribution in [-0.2, 0) is 0 Å². The molecule has 0 radical (unpaired) electrons. The molecule has 1 fully saturated rings. The zero-order chi connectivity index (χ0) is 12.3. The van der Waals surface area contributed by atoms with E-state index in [2.05, 4.69) is 4.98 Å². The number of carbonyl (C=O) groups excluding carboxylic acids is 1. The lowest BCUT2D eigenvalue weighted by Crippen LogP contribution is -2.40. The highest BCUT2D eigenvalue weighted by atomic mass is 35.5. The first-order valence-electron chi connectivity index (χ1n) is 5.64. The number of piperidine rings is 1. The molecule has 0 aromatic carbocycles. The van der Waals surface area contributed by atoms with Crippen LogP contribution in [0.2, 0.25) is 0 Å².